The van der Waals surface area contributed by atoms with E-state index in [0.717, 1.165) is 26.6 Å². The summed E-state index contributed by atoms with van der Waals surface area (Å²) in [7, 11) is 4.24. The Labute approximate surface area is 137 Å². The molecule has 0 aromatic heterocycles. The number of aliphatic carboxylic acids is 1. The summed E-state index contributed by atoms with van der Waals surface area (Å²) < 4.78 is 0. The molecule has 23 heavy (non-hydrogen) atoms. The van der Waals surface area contributed by atoms with Crippen LogP contribution in [0.15, 0.2) is 42.5 Å². The van der Waals surface area contributed by atoms with Gasteiger partial charge in [-0.15, -0.1) is 0 Å². The highest BCUT2D eigenvalue weighted by atomic mass is 16.4. The first-order chi connectivity index (χ1) is 11.0. The molecule has 0 amide bonds. The van der Waals surface area contributed by atoms with Gasteiger partial charge in [0.15, 0.2) is 0 Å². The Morgan fingerprint density at radius 2 is 1.83 bits per heavy atom. The van der Waals surface area contributed by atoms with E-state index in [-0.39, 0.29) is 0 Å². The van der Waals surface area contributed by atoms with E-state index in [1.807, 2.05) is 0 Å². The van der Waals surface area contributed by atoms with Gasteiger partial charge in [-0.2, -0.15) is 0 Å². The van der Waals surface area contributed by atoms with E-state index in [9.17, 15) is 0 Å². The van der Waals surface area contributed by atoms with E-state index in [0.29, 0.717) is 0 Å². The van der Waals surface area contributed by atoms with Crippen molar-refractivity contribution in [2.24, 2.45) is 0 Å². The molecule has 2 aromatic rings. The van der Waals surface area contributed by atoms with Crippen molar-refractivity contribution in [3.8, 4) is 11.1 Å². The van der Waals surface area contributed by atoms with Crippen molar-refractivity contribution in [2.75, 3.05) is 14.1 Å². The number of hydrogen-bond donors (Lipinski definition) is 2. The normalized spacial score (nSPS) is 12.5. The van der Waals surface area contributed by atoms with Crippen LogP contribution in [0.25, 0.3) is 11.1 Å². The largest absolute Gasteiger partial charge is 0.481 e. The molecule has 0 saturated heterocycles. The molecule has 3 rings (SSSR count). The molecule has 4 nitrogen and oxygen atoms in total. The Balaban J connectivity index is 0.000000433. The minimum absolute atomic E-state index is 0.833. The molecule has 1 heterocycles. The lowest BCUT2D eigenvalue weighted by molar-refractivity contribution is -0.134. The summed E-state index contributed by atoms with van der Waals surface area (Å²) in [5, 5.41) is 10.9. The van der Waals surface area contributed by atoms with E-state index in [1.54, 1.807) is 0 Å². The van der Waals surface area contributed by atoms with Gasteiger partial charge in [-0.1, -0.05) is 36.4 Å². The van der Waals surface area contributed by atoms with Crippen LogP contribution in [0, 0.1) is 0 Å². The maximum Gasteiger partial charge on any atom is 0.300 e. The average Bonchev–Trinajstić information content (AvgIpc) is 2.94. The fourth-order valence-electron chi connectivity index (χ4n) is 2.82. The number of benzene rings is 2. The molecule has 0 radical (unpaired) electrons. The van der Waals surface area contributed by atoms with Crippen molar-refractivity contribution in [1.82, 2.24) is 10.2 Å². The molecular formula is C19H24N2O2. The molecule has 2 N–H and O–H groups in total. The number of rotatable bonds is 3. The first kappa shape index (κ1) is 17.2. The monoisotopic (exact) mass is 312 g/mol. The molecule has 0 aliphatic carbocycles. The standard InChI is InChI=1S/C17H20N2.C2H4O2/c1-19(2)12-13-8-15-10-18-11-17(15)16(9-13)14-6-4-3-5-7-14;1-2(3)4/h3-9,18H,10-12H2,1-2H3;1H3,(H,3,4). The highest BCUT2D eigenvalue weighted by molar-refractivity contribution is 5.70. The lowest BCUT2D eigenvalue weighted by Gasteiger charge is -2.15. The molecule has 0 unspecified atom stereocenters. The Morgan fingerprint density at radius 3 is 2.43 bits per heavy atom. The first-order valence-corrected chi connectivity index (χ1v) is 7.72. The van der Waals surface area contributed by atoms with Crippen LogP contribution < -0.4 is 5.32 Å². The van der Waals surface area contributed by atoms with E-state index in [2.05, 4.69) is 66.8 Å². The number of carbonyl (C=O) groups is 1. The van der Waals surface area contributed by atoms with Crippen LogP contribution in [0.5, 0.6) is 0 Å². The van der Waals surface area contributed by atoms with Crippen molar-refractivity contribution >= 4 is 5.97 Å². The quantitative estimate of drug-likeness (QED) is 0.914. The van der Waals surface area contributed by atoms with Crippen molar-refractivity contribution in [3.63, 3.8) is 0 Å². The number of nitrogens with one attached hydrogen (secondary N) is 1. The second-order valence-electron chi connectivity index (χ2n) is 6.01. The molecule has 1 aliphatic heterocycles. The SMILES string of the molecule is CC(=O)O.CN(C)Cc1cc2c(c(-c3ccccc3)c1)CNC2. The second-order valence-corrected chi connectivity index (χ2v) is 6.01. The Bertz CT molecular complexity index is 663. The number of carboxylic acid groups (broad SMARTS) is 1. The smallest absolute Gasteiger partial charge is 0.300 e. The number of nitrogens with zero attached hydrogens (tertiary/aromatic N) is 1. The molecule has 0 saturated carbocycles. The fourth-order valence-corrected chi connectivity index (χ4v) is 2.82. The molecule has 0 fully saturated rings. The average molecular weight is 312 g/mol. The van der Waals surface area contributed by atoms with Crippen LogP contribution in [-0.2, 0) is 24.4 Å². The van der Waals surface area contributed by atoms with Gasteiger partial charge in [0.1, 0.15) is 0 Å². The van der Waals surface area contributed by atoms with E-state index >= 15 is 0 Å². The third-order valence-electron chi connectivity index (χ3n) is 3.60. The van der Waals surface area contributed by atoms with E-state index in [1.165, 1.54) is 27.8 Å². The van der Waals surface area contributed by atoms with E-state index < -0.39 is 5.97 Å². The van der Waals surface area contributed by atoms with Crippen LogP contribution in [0.4, 0.5) is 0 Å². The molecule has 4 heteroatoms. The van der Waals surface area contributed by atoms with Crippen LogP contribution >= 0.6 is 0 Å². The zero-order valence-corrected chi connectivity index (χ0v) is 14.0. The van der Waals surface area contributed by atoms with Gasteiger partial charge in [-0.05, 0) is 48.0 Å². The lowest BCUT2D eigenvalue weighted by Crippen LogP contribution is -2.11. The number of carboxylic acids is 1. The zero-order valence-electron chi connectivity index (χ0n) is 14.0. The van der Waals surface area contributed by atoms with Crippen molar-refractivity contribution in [2.45, 2.75) is 26.6 Å². The molecule has 1 aliphatic rings. The van der Waals surface area contributed by atoms with Gasteiger partial charge in [0.05, 0.1) is 0 Å². The minimum atomic E-state index is -0.833. The van der Waals surface area contributed by atoms with Crippen molar-refractivity contribution in [3.05, 3.63) is 59.2 Å². The van der Waals surface area contributed by atoms with Gasteiger partial charge in [0, 0.05) is 26.6 Å². The van der Waals surface area contributed by atoms with Crippen molar-refractivity contribution in [1.29, 1.82) is 0 Å². The first-order valence-electron chi connectivity index (χ1n) is 7.72. The topological polar surface area (TPSA) is 52.6 Å². The molecule has 0 spiro atoms. The molecule has 0 atom stereocenters. The minimum Gasteiger partial charge on any atom is -0.481 e. The summed E-state index contributed by atoms with van der Waals surface area (Å²) in [6, 6.07) is 15.4. The predicted molar refractivity (Wildman–Crippen MR) is 93.1 cm³/mol. The maximum absolute atomic E-state index is 9.00. The summed E-state index contributed by atoms with van der Waals surface area (Å²) in [5.41, 5.74) is 7.03. The van der Waals surface area contributed by atoms with Crippen LogP contribution in [-0.4, -0.2) is 30.1 Å². The molecule has 2 aromatic carbocycles. The lowest BCUT2D eigenvalue weighted by atomic mass is 9.94. The third-order valence-corrected chi connectivity index (χ3v) is 3.60. The Hall–Kier alpha value is -2.17. The summed E-state index contributed by atoms with van der Waals surface area (Å²) in [5.74, 6) is -0.833. The van der Waals surface area contributed by atoms with Crippen LogP contribution in [0.2, 0.25) is 0 Å². The van der Waals surface area contributed by atoms with Gasteiger partial charge in [-0.25, -0.2) is 0 Å². The Morgan fingerprint density at radius 1 is 1.17 bits per heavy atom. The molecule has 122 valence electrons. The number of hydrogen-bond acceptors (Lipinski definition) is 3. The van der Waals surface area contributed by atoms with Gasteiger partial charge in [0.2, 0.25) is 0 Å². The third kappa shape index (κ3) is 4.91. The summed E-state index contributed by atoms with van der Waals surface area (Å²) in [4.78, 5) is 11.2. The van der Waals surface area contributed by atoms with Gasteiger partial charge >= 0.3 is 0 Å². The van der Waals surface area contributed by atoms with Gasteiger partial charge < -0.3 is 15.3 Å². The van der Waals surface area contributed by atoms with Gasteiger partial charge in [0.25, 0.3) is 5.97 Å². The molecule has 0 bridgehead atoms. The van der Waals surface area contributed by atoms with E-state index in [4.69, 9.17) is 9.90 Å². The summed E-state index contributed by atoms with van der Waals surface area (Å²) >= 11 is 0. The highest BCUT2D eigenvalue weighted by Crippen LogP contribution is 2.31. The number of fused-ring (bicyclic) bond motifs is 1. The summed E-state index contributed by atoms with van der Waals surface area (Å²) in [6.45, 7) is 4.06. The predicted octanol–water partition coefficient (Wildman–Crippen LogP) is 3.11. The van der Waals surface area contributed by atoms with Gasteiger partial charge in [-0.3, -0.25) is 4.79 Å². The van der Waals surface area contributed by atoms with Crippen LogP contribution in [0.1, 0.15) is 23.6 Å². The van der Waals surface area contributed by atoms with Crippen molar-refractivity contribution < 1.29 is 9.90 Å². The fraction of sp³-hybridized carbons (Fsp3) is 0.316. The zero-order chi connectivity index (χ0) is 16.8. The molecular weight excluding hydrogens is 288 g/mol. The maximum atomic E-state index is 9.00. The highest BCUT2D eigenvalue weighted by Gasteiger charge is 2.16. The second kappa shape index (κ2) is 7.90. The summed E-state index contributed by atoms with van der Waals surface area (Å²) in [6.07, 6.45) is 0. The Kier molecular flexibility index (Phi) is 5.90. The van der Waals surface area contributed by atoms with Crippen LogP contribution in [0.3, 0.4) is 0 Å².